The standard InChI is InChI=1S/C22H28ClN3O2.H2/c1-22(2,28)15-3-5-17(6-4-15)26-21(27)14-9-13-10-18(23)20(25-16-7-8-16)11-19(13)24-12-14;/h9-12,15-17,25,28H,3-8H2,1-2H3,(H,26,27);1H. The molecule has 1 aromatic carbocycles. The van der Waals surface area contributed by atoms with E-state index in [-0.39, 0.29) is 13.4 Å². The van der Waals surface area contributed by atoms with Crippen molar-refractivity contribution in [3.8, 4) is 0 Å². The van der Waals surface area contributed by atoms with E-state index in [1.807, 2.05) is 32.0 Å². The Bertz CT molecular complexity index is 887. The molecule has 2 fully saturated rings. The van der Waals surface area contributed by atoms with E-state index in [0.29, 0.717) is 22.5 Å². The third-order valence-corrected chi connectivity index (χ3v) is 6.34. The van der Waals surface area contributed by atoms with Gasteiger partial charge in [-0.3, -0.25) is 9.78 Å². The zero-order chi connectivity index (χ0) is 19.9. The number of carbonyl (C=O) groups excluding carboxylic acids is 1. The minimum atomic E-state index is -0.649. The first kappa shape index (κ1) is 19.5. The fraction of sp³-hybridized carbons (Fsp3) is 0.545. The van der Waals surface area contributed by atoms with Gasteiger partial charge in [0.05, 0.1) is 27.4 Å². The molecule has 1 heterocycles. The van der Waals surface area contributed by atoms with Crippen LogP contribution in [0.5, 0.6) is 0 Å². The number of hydrogen-bond donors (Lipinski definition) is 3. The van der Waals surface area contributed by atoms with Gasteiger partial charge in [0.2, 0.25) is 0 Å². The van der Waals surface area contributed by atoms with Gasteiger partial charge in [-0.25, -0.2) is 0 Å². The van der Waals surface area contributed by atoms with Crippen LogP contribution in [0.2, 0.25) is 5.02 Å². The highest BCUT2D eigenvalue weighted by Gasteiger charge is 2.31. The van der Waals surface area contributed by atoms with E-state index < -0.39 is 5.60 Å². The number of halogens is 1. The van der Waals surface area contributed by atoms with Crippen molar-refractivity contribution in [2.75, 3.05) is 5.32 Å². The van der Waals surface area contributed by atoms with Crippen LogP contribution in [0.4, 0.5) is 5.69 Å². The van der Waals surface area contributed by atoms with Gasteiger partial charge < -0.3 is 15.7 Å². The molecule has 2 aliphatic rings. The largest absolute Gasteiger partial charge is 0.390 e. The molecule has 28 heavy (non-hydrogen) atoms. The summed E-state index contributed by atoms with van der Waals surface area (Å²) >= 11 is 6.40. The number of nitrogens with zero attached hydrogens (tertiary/aromatic N) is 1. The molecule has 152 valence electrons. The molecular weight excluding hydrogens is 374 g/mol. The van der Waals surface area contributed by atoms with Crippen molar-refractivity contribution >= 4 is 34.1 Å². The first-order valence-corrected chi connectivity index (χ1v) is 10.6. The number of amides is 1. The average Bonchev–Trinajstić information content (AvgIpc) is 3.46. The van der Waals surface area contributed by atoms with E-state index in [1.165, 1.54) is 12.8 Å². The van der Waals surface area contributed by atoms with Crippen LogP contribution in [0, 0.1) is 5.92 Å². The summed E-state index contributed by atoms with van der Waals surface area (Å²) in [4.78, 5) is 17.2. The molecular formula is C22H30ClN3O2. The summed E-state index contributed by atoms with van der Waals surface area (Å²) in [7, 11) is 0. The van der Waals surface area contributed by atoms with Crippen LogP contribution in [-0.2, 0) is 0 Å². The summed E-state index contributed by atoms with van der Waals surface area (Å²) in [6, 6.07) is 6.35. The third-order valence-electron chi connectivity index (χ3n) is 6.03. The van der Waals surface area contributed by atoms with E-state index in [0.717, 1.165) is 42.3 Å². The van der Waals surface area contributed by atoms with Crippen molar-refractivity contribution < 1.29 is 11.3 Å². The highest BCUT2D eigenvalue weighted by molar-refractivity contribution is 6.34. The molecule has 0 radical (unpaired) electrons. The molecule has 6 heteroatoms. The van der Waals surface area contributed by atoms with Gasteiger partial charge in [0, 0.05) is 25.1 Å². The van der Waals surface area contributed by atoms with E-state index in [2.05, 4.69) is 15.6 Å². The maximum absolute atomic E-state index is 12.7. The molecule has 0 bridgehead atoms. The molecule has 1 aromatic heterocycles. The Labute approximate surface area is 172 Å². The quantitative estimate of drug-likeness (QED) is 0.672. The lowest BCUT2D eigenvalue weighted by molar-refractivity contribution is -0.00257. The molecule has 1 amide bonds. The van der Waals surface area contributed by atoms with Crippen molar-refractivity contribution in [3.05, 3.63) is 35.0 Å². The van der Waals surface area contributed by atoms with Gasteiger partial charge in [-0.2, -0.15) is 0 Å². The van der Waals surface area contributed by atoms with Gasteiger partial charge in [-0.1, -0.05) is 11.6 Å². The summed E-state index contributed by atoms with van der Waals surface area (Å²) < 4.78 is 0. The molecule has 4 rings (SSSR count). The van der Waals surface area contributed by atoms with Crippen molar-refractivity contribution in [2.24, 2.45) is 5.92 Å². The van der Waals surface area contributed by atoms with Crippen LogP contribution in [0.1, 0.15) is 64.2 Å². The van der Waals surface area contributed by atoms with Gasteiger partial charge in [0.25, 0.3) is 5.91 Å². The lowest BCUT2D eigenvalue weighted by atomic mass is 9.77. The summed E-state index contributed by atoms with van der Waals surface area (Å²) in [5.41, 5.74) is 1.64. The van der Waals surface area contributed by atoms with Gasteiger partial charge in [0.1, 0.15) is 0 Å². The normalized spacial score (nSPS) is 22.9. The van der Waals surface area contributed by atoms with E-state index in [9.17, 15) is 9.90 Å². The first-order valence-electron chi connectivity index (χ1n) is 10.2. The van der Waals surface area contributed by atoms with Crippen LogP contribution in [0.15, 0.2) is 24.4 Å². The maximum Gasteiger partial charge on any atom is 0.253 e. The van der Waals surface area contributed by atoms with Gasteiger partial charge in [0.15, 0.2) is 0 Å². The van der Waals surface area contributed by atoms with Crippen molar-refractivity contribution in [1.82, 2.24) is 10.3 Å². The molecule has 2 saturated carbocycles. The van der Waals surface area contributed by atoms with Crippen LogP contribution in [0.3, 0.4) is 0 Å². The SMILES string of the molecule is CC(C)(O)C1CCC(NC(=O)c2cnc3cc(NC4CC4)c(Cl)cc3c2)CC1.[HH]. The number of fused-ring (bicyclic) bond motifs is 1. The molecule has 0 aliphatic heterocycles. The van der Waals surface area contributed by atoms with E-state index >= 15 is 0 Å². The first-order chi connectivity index (χ1) is 13.3. The van der Waals surface area contributed by atoms with E-state index in [1.54, 1.807) is 6.20 Å². The Hall–Kier alpha value is -1.85. The lowest BCUT2D eigenvalue weighted by Crippen LogP contribution is -2.41. The second-order valence-corrected chi connectivity index (χ2v) is 9.25. The number of anilines is 1. The van der Waals surface area contributed by atoms with Crippen molar-refractivity contribution in [2.45, 2.75) is 70.1 Å². The number of benzene rings is 1. The highest BCUT2D eigenvalue weighted by Crippen LogP contribution is 2.34. The van der Waals surface area contributed by atoms with Crippen LogP contribution >= 0.6 is 11.6 Å². The summed E-state index contributed by atoms with van der Waals surface area (Å²) in [6.07, 6.45) is 7.63. The lowest BCUT2D eigenvalue weighted by Gasteiger charge is -2.36. The van der Waals surface area contributed by atoms with Gasteiger partial charge in [-0.05, 0) is 76.5 Å². The molecule has 2 aromatic rings. The molecule has 0 spiro atoms. The Morgan fingerprint density at radius 1 is 1.14 bits per heavy atom. The summed E-state index contributed by atoms with van der Waals surface area (Å²) in [5, 5.41) is 18.2. The summed E-state index contributed by atoms with van der Waals surface area (Å²) in [5.74, 6) is 0.195. The average molecular weight is 404 g/mol. The molecule has 0 atom stereocenters. The third kappa shape index (κ3) is 4.41. The molecule has 3 N–H and O–H groups in total. The zero-order valence-electron chi connectivity index (χ0n) is 16.5. The van der Waals surface area contributed by atoms with Gasteiger partial charge >= 0.3 is 0 Å². The minimum Gasteiger partial charge on any atom is -0.390 e. The van der Waals surface area contributed by atoms with Crippen LogP contribution in [0.25, 0.3) is 10.9 Å². The number of pyridine rings is 1. The molecule has 0 unspecified atom stereocenters. The number of aromatic nitrogens is 1. The second kappa shape index (κ2) is 7.53. The van der Waals surface area contributed by atoms with Crippen LogP contribution < -0.4 is 10.6 Å². The maximum atomic E-state index is 12.7. The van der Waals surface area contributed by atoms with E-state index in [4.69, 9.17) is 11.6 Å². The minimum absolute atomic E-state index is 0. The summed E-state index contributed by atoms with van der Waals surface area (Å²) in [6.45, 7) is 3.74. The fourth-order valence-electron chi connectivity index (χ4n) is 4.04. The predicted molar refractivity (Wildman–Crippen MR) is 115 cm³/mol. The number of aliphatic hydroxyl groups is 1. The number of hydrogen-bond acceptors (Lipinski definition) is 4. The smallest absolute Gasteiger partial charge is 0.253 e. The molecule has 5 nitrogen and oxygen atoms in total. The van der Waals surface area contributed by atoms with Crippen molar-refractivity contribution in [1.29, 1.82) is 0 Å². The molecule has 2 aliphatic carbocycles. The Morgan fingerprint density at radius 2 is 1.82 bits per heavy atom. The Kier molecular flexibility index (Phi) is 5.23. The Morgan fingerprint density at radius 3 is 2.46 bits per heavy atom. The topological polar surface area (TPSA) is 74.2 Å². The van der Waals surface area contributed by atoms with Crippen LogP contribution in [-0.4, -0.2) is 33.7 Å². The molecule has 0 saturated heterocycles. The second-order valence-electron chi connectivity index (χ2n) is 8.84. The Balaban J connectivity index is 0.00000240. The van der Waals surface area contributed by atoms with Gasteiger partial charge in [-0.15, -0.1) is 0 Å². The monoisotopic (exact) mass is 403 g/mol. The highest BCUT2D eigenvalue weighted by atomic mass is 35.5. The van der Waals surface area contributed by atoms with Crippen molar-refractivity contribution in [3.63, 3.8) is 0 Å². The number of rotatable bonds is 5. The predicted octanol–water partition coefficient (Wildman–Crippen LogP) is 4.77. The number of carbonyl (C=O) groups is 1. The fourth-order valence-corrected chi connectivity index (χ4v) is 4.27. The number of nitrogens with one attached hydrogen (secondary N) is 2. The zero-order valence-corrected chi connectivity index (χ0v) is 17.2.